The second-order valence-corrected chi connectivity index (χ2v) is 13.1. The van der Waals surface area contributed by atoms with Crippen LogP contribution in [0.2, 0.25) is 0 Å². The summed E-state index contributed by atoms with van der Waals surface area (Å²) in [5.74, 6) is -1.63. The zero-order valence-corrected chi connectivity index (χ0v) is 30.4. The Bertz CT molecular complexity index is 1950. The van der Waals surface area contributed by atoms with Crippen molar-refractivity contribution in [3.05, 3.63) is 113 Å². The van der Waals surface area contributed by atoms with Crippen molar-refractivity contribution in [3.8, 4) is 11.3 Å². The van der Waals surface area contributed by atoms with Gasteiger partial charge in [0.1, 0.15) is 6.04 Å². The molecule has 14 heteroatoms. The lowest BCUT2D eigenvalue weighted by Crippen LogP contribution is -2.41. The fourth-order valence-corrected chi connectivity index (χ4v) is 6.56. The molecule has 11 nitrogen and oxygen atoms in total. The molecule has 1 fully saturated rings. The molecule has 1 aliphatic rings. The highest BCUT2D eigenvalue weighted by Crippen LogP contribution is 2.34. The molecular formula is C40H45F3N6O5. The minimum Gasteiger partial charge on any atom is -0.480 e. The number of hydrogen-bond donors (Lipinski definition) is 4. The van der Waals surface area contributed by atoms with E-state index in [0.29, 0.717) is 59.7 Å². The molecule has 1 saturated heterocycles. The largest absolute Gasteiger partial charge is 0.480 e. The summed E-state index contributed by atoms with van der Waals surface area (Å²) in [5.41, 5.74) is 2.91. The molecule has 0 bridgehead atoms. The van der Waals surface area contributed by atoms with Crippen molar-refractivity contribution in [2.24, 2.45) is 0 Å². The number of hydrogen-bond acceptors (Lipinski definition) is 8. The van der Waals surface area contributed by atoms with Crippen LogP contribution in [0.3, 0.4) is 0 Å². The molecule has 0 saturated carbocycles. The third-order valence-electron chi connectivity index (χ3n) is 9.60. The van der Waals surface area contributed by atoms with E-state index in [0.717, 1.165) is 37.3 Å². The molecule has 2 amide bonds. The van der Waals surface area contributed by atoms with Gasteiger partial charge in [0.05, 0.1) is 11.3 Å². The van der Waals surface area contributed by atoms with Gasteiger partial charge >= 0.3 is 12.1 Å². The van der Waals surface area contributed by atoms with Crippen molar-refractivity contribution in [2.45, 2.75) is 51.7 Å². The van der Waals surface area contributed by atoms with Crippen molar-refractivity contribution < 1.29 is 37.8 Å². The molecule has 2 heterocycles. The van der Waals surface area contributed by atoms with Crippen molar-refractivity contribution in [1.29, 1.82) is 0 Å². The average molecular weight is 747 g/mol. The van der Waals surface area contributed by atoms with Crippen LogP contribution in [-0.2, 0) is 17.5 Å². The van der Waals surface area contributed by atoms with Crippen LogP contribution in [0.25, 0.3) is 11.3 Å². The summed E-state index contributed by atoms with van der Waals surface area (Å²) in [6.45, 7) is 6.83. The first kappa shape index (κ1) is 39.7. The number of benzene rings is 3. The van der Waals surface area contributed by atoms with E-state index in [9.17, 15) is 37.8 Å². The summed E-state index contributed by atoms with van der Waals surface area (Å²) in [7, 11) is 1.66. The number of carboxylic acid groups (broad SMARTS) is 1. The highest BCUT2D eigenvalue weighted by Gasteiger charge is 2.31. The van der Waals surface area contributed by atoms with E-state index in [1.807, 2.05) is 30.9 Å². The number of amides is 2. The number of aliphatic hydroxyl groups excluding tert-OH is 1. The van der Waals surface area contributed by atoms with E-state index in [4.69, 9.17) is 0 Å². The number of halogens is 3. The molecule has 3 aromatic carbocycles. The summed E-state index contributed by atoms with van der Waals surface area (Å²) < 4.78 is 39.6. The van der Waals surface area contributed by atoms with Crippen LogP contribution in [0.15, 0.2) is 85.1 Å². The van der Waals surface area contributed by atoms with Crippen LogP contribution in [0.5, 0.6) is 0 Å². The second kappa shape index (κ2) is 17.6. The predicted molar refractivity (Wildman–Crippen MR) is 200 cm³/mol. The lowest BCUT2D eigenvalue weighted by atomic mass is 10.0. The number of nitrogens with zero attached hydrogens (tertiary/aromatic N) is 4. The fraction of sp³-hybridized carbons (Fsp3) is 0.350. The number of carbonyl (C=O) groups excluding carboxylic acids is 2. The summed E-state index contributed by atoms with van der Waals surface area (Å²) >= 11 is 0. The summed E-state index contributed by atoms with van der Waals surface area (Å²) in [6.07, 6.45) is -2.90. The molecule has 5 rings (SSSR count). The van der Waals surface area contributed by atoms with Gasteiger partial charge in [0.15, 0.2) is 6.23 Å². The lowest BCUT2D eigenvalue weighted by Gasteiger charge is -2.25. The average Bonchev–Trinajstić information content (AvgIpc) is 3.66. The van der Waals surface area contributed by atoms with Crippen LogP contribution < -0.4 is 15.5 Å². The number of rotatable bonds is 15. The molecule has 4 aromatic rings. The molecule has 2 atom stereocenters. The van der Waals surface area contributed by atoms with E-state index in [1.165, 1.54) is 29.3 Å². The molecule has 286 valence electrons. The molecular weight excluding hydrogens is 701 g/mol. The zero-order chi connectivity index (χ0) is 39.0. The van der Waals surface area contributed by atoms with E-state index >= 15 is 0 Å². The van der Waals surface area contributed by atoms with E-state index in [1.54, 1.807) is 43.4 Å². The third kappa shape index (κ3) is 9.74. The number of aromatic nitrogens is 1. The Morgan fingerprint density at radius 2 is 1.74 bits per heavy atom. The maximum absolute atomic E-state index is 13.4. The second-order valence-electron chi connectivity index (χ2n) is 13.1. The van der Waals surface area contributed by atoms with Gasteiger partial charge in [-0.1, -0.05) is 24.3 Å². The van der Waals surface area contributed by atoms with Gasteiger partial charge in [0.25, 0.3) is 11.8 Å². The van der Waals surface area contributed by atoms with E-state index in [-0.39, 0.29) is 18.0 Å². The van der Waals surface area contributed by atoms with E-state index in [2.05, 4.69) is 20.5 Å². The fourth-order valence-electron chi connectivity index (χ4n) is 6.56. The summed E-state index contributed by atoms with van der Waals surface area (Å²) in [6, 6.07) is 19.6. The van der Waals surface area contributed by atoms with Crippen LogP contribution in [0.1, 0.15) is 70.3 Å². The van der Waals surface area contributed by atoms with Gasteiger partial charge in [-0.05, 0) is 93.4 Å². The highest BCUT2D eigenvalue weighted by atomic mass is 19.4. The van der Waals surface area contributed by atoms with Crippen molar-refractivity contribution in [3.63, 3.8) is 0 Å². The number of aliphatic hydroxyl groups is 1. The van der Waals surface area contributed by atoms with E-state index < -0.39 is 35.9 Å². The Kier molecular flexibility index (Phi) is 12.9. The van der Waals surface area contributed by atoms with Crippen molar-refractivity contribution in [1.82, 2.24) is 20.1 Å². The molecule has 1 aromatic heterocycles. The maximum Gasteiger partial charge on any atom is 0.416 e. The normalized spacial score (nSPS) is 15.1. The van der Waals surface area contributed by atoms with Gasteiger partial charge in [-0.15, -0.1) is 0 Å². The van der Waals surface area contributed by atoms with Gasteiger partial charge in [-0.25, -0.2) is 0 Å². The monoisotopic (exact) mass is 746 g/mol. The number of alkyl halides is 3. The van der Waals surface area contributed by atoms with Crippen LogP contribution in [-0.4, -0.2) is 88.6 Å². The number of likely N-dealkylation sites (N-methyl/N-ethyl adjacent to an activating group) is 1. The number of nitrogens with one attached hydrogen (secondary N) is 2. The maximum atomic E-state index is 13.4. The van der Waals surface area contributed by atoms with Gasteiger partial charge in [0, 0.05) is 79.6 Å². The molecule has 1 aliphatic heterocycles. The lowest BCUT2D eigenvalue weighted by molar-refractivity contribution is -0.142. The first-order chi connectivity index (χ1) is 25.8. The van der Waals surface area contributed by atoms with Crippen LogP contribution in [0.4, 0.5) is 24.5 Å². The van der Waals surface area contributed by atoms with Crippen molar-refractivity contribution in [2.75, 3.05) is 50.0 Å². The standard InChI is InChI=1S/C40H45F3N6O5/c1-4-48(5-2)31-14-15-33(32(24-31)34-23-28(16-17-44-34)36(50)45-25-26-9-6-12-30(21-26)40(41,42)43)46-37(51)27-10-7-11-29(22-27)38(52)47(3)19-20-49-18-8-13-35(49)39(53)54/h6-7,9-12,14-17,21-24,35,37,46,51H,4-5,8,13,18-20,25H2,1-3H3,(H,45,50)(H,53,54). The Balaban J connectivity index is 1.34. The Morgan fingerprint density at radius 1 is 0.981 bits per heavy atom. The van der Waals surface area contributed by atoms with Gasteiger partial charge in [-0.2, -0.15) is 13.2 Å². The first-order valence-corrected chi connectivity index (χ1v) is 17.9. The quantitative estimate of drug-likeness (QED) is 0.104. The highest BCUT2D eigenvalue weighted by molar-refractivity contribution is 5.96. The zero-order valence-electron chi connectivity index (χ0n) is 30.4. The van der Waals surface area contributed by atoms with Crippen molar-refractivity contribution >= 4 is 29.2 Å². The minimum atomic E-state index is -4.50. The smallest absolute Gasteiger partial charge is 0.416 e. The number of likely N-dealkylation sites (tertiary alicyclic amines) is 1. The molecule has 4 N–H and O–H groups in total. The Morgan fingerprint density at radius 3 is 2.46 bits per heavy atom. The number of aliphatic carboxylic acids is 1. The van der Waals surface area contributed by atoms with Gasteiger partial charge in [-0.3, -0.25) is 24.3 Å². The Hall–Kier alpha value is -5.47. The van der Waals surface area contributed by atoms with Crippen LogP contribution >= 0.6 is 0 Å². The Labute approximate surface area is 312 Å². The molecule has 2 unspecified atom stereocenters. The molecule has 0 aliphatic carbocycles. The number of anilines is 2. The number of carbonyl (C=O) groups is 3. The molecule has 0 spiro atoms. The summed E-state index contributed by atoms with van der Waals surface area (Å²) in [4.78, 5) is 48.2. The number of carboxylic acids is 1. The topological polar surface area (TPSA) is 138 Å². The van der Waals surface area contributed by atoms with Gasteiger partial charge < -0.3 is 30.6 Å². The molecule has 0 radical (unpaired) electrons. The first-order valence-electron chi connectivity index (χ1n) is 17.9. The van der Waals surface area contributed by atoms with Crippen LogP contribution in [0, 0.1) is 0 Å². The summed E-state index contributed by atoms with van der Waals surface area (Å²) in [5, 5.41) is 26.7. The molecule has 54 heavy (non-hydrogen) atoms. The predicted octanol–water partition coefficient (Wildman–Crippen LogP) is 6.27. The number of pyridine rings is 1. The SMILES string of the molecule is CCN(CC)c1ccc(NC(O)c2cccc(C(=O)N(C)CCN3CCCC3C(=O)O)c2)c(-c2cc(C(=O)NCc3cccc(C(F)(F)F)c3)ccn2)c1. The van der Waals surface area contributed by atoms with Gasteiger partial charge in [0.2, 0.25) is 0 Å². The minimum absolute atomic E-state index is 0.113. The third-order valence-corrected chi connectivity index (χ3v) is 9.60.